The summed E-state index contributed by atoms with van der Waals surface area (Å²) in [6.07, 6.45) is 6.49. The molecule has 1 amide bonds. The zero-order chi connectivity index (χ0) is 24.9. The summed E-state index contributed by atoms with van der Waals surface area (Å²) < 4.78 is 12.1. The van der Waals surface area contributed by atoms with E-state index in [1.54, 1.807) is 23.1 Å². The van der Waals surface area contributed by atoms with Gasteiger partial charge in [0.25, 0.3) is 0 Å². The number of aryl methyl sites for hydroxylation is 1. The number of hydrogen-bond acceptors (Lipinski definition) is 8. The van der Waals surface area contributed by atoms with Gasteiger partial charge < -0.3 is 20.1 Å². The lowest BCUT2D eigenvalue weighted by Gasteiger charge is -2.34. The molecular weight excluding hydrogens is 436 g/mol. The van der Waals surface area contributed by atoms with Crippen LogP contribution in [0.4, 0.5) is 10.6 Å². The molecular formula is C24H32N6O4. The van der Waals surface area contributed by atoms with Crippen LogP contribution in [-0.2, 0) is 16.0 Å². The second-order valence-corrected chi connectivity index (χ2v) is 9.25. The van der Waals surface area contributed by atoms with Crippen LogP contribution in [0.25, 0.3) is 11.3 Å². The number of amides is 1. The largest absolute Gasteiger partial charge is 0.465 e. The highest BCUT2D eigenvalue weighted by atomic mass is 16.6. The van der Waals surface area contributed by atoms with Gasteiger partial charge in [-0.2, -0.15) is 10.4 Å². The summed E-state index contributed by atoms with van der Waals surface area (Å²) in [7, 11) is 1.27. The number of methoxy groups -OCH3 is 1. The lowest BCUT2D eigenvalue weighted by Crippen LogP contribution is -2.49. The van der Waals surface area contributed by atoms with Crippen molar-refractivity contribution in [1.29, 1.82) is 5.26 Å². The van der Waals surface area contributed by atoms with E-state index in [1.165, 1.54) is 7.11 Å². The normalized spacial score (nSPS) is 18.0. The summed E-state index contributed by atoms with van der Waals surface area (Å²) in [4.78, 5) is 29.6. The van der Waals surface area contributed by atoms with Crippen LogP contribution in [0.15, 0.2) is 18.5 Å². The van der Waals surface area contributed by atoms with E-state index < -0.39 is 17.7 Å². The van der Waals surface area contributed by atoms with Crippen molar-refractivity contribution >= 4 is 17.9 Å². The summed E-state index contributed by atoms with van der Waals surface area (Å²) in [5.74, 6) is -0.205. The van der Waals surface area contributed by atoms with Gasteiger partial charge in [0.05, 0.1) is 30.6 Å². The van der Waals surface area contributed by atoms with E-state index in [1.807, 2.05) is 27.7 Å². The quantitative estimate of drug-likeness (QED) is 0.611. The third-order valence-electron chi connectivity index (χ3n) is 5.56. The summed E-state index contributed by atoms with van der Waals surface area (Å²) >= 11 is 0. The van der Waals surface area contributed by atoms with Gasteiger partial charge >= 0.3 is 12.1 Å². The molecule has 0 aromatic carbocycles. The summed E-state index contributed by atoms with van der Waals surface area (Å²) in [6, 6.07) is 3.35. The maximum atomic E-state index is 12.5. The molecule has 182 valence electrons. The van der Waals surface area contributed by atoms with Crippen molar-refractivity contribution in [3.05, 3.63) is 29.6 Å². The highest BCUT2D eigenvalue weighted by Gasteiger charge is 2.30. The van der Waals surface area contributed by atoms with Crippen LogP contribution in [0, 0.1) is 11.3 Å². The van der Waals surface area contributed by atoms with E-state index in [0.717, 1.165) is 25.7 Å². The van der Waals surface area contributed by atoms with Gasteiger partial charge in [0.15, 0.2) is 0 Å². The number of esters is 1. The van der Waals surface area contributed by atoms with Crippen LogP contribution in [-0.4, -0.2) is 51.6 Å². The highest BCUT2D eigenvalue weighted by Crippen LogP contribution is 2.29. The van der Waals surface area contributed by atoms with E-state index in [9.17, 15) is 14.9 Å². The minimum atomic E-state index is -0.642. The molecule has 10 heteroatoms. The first-order valence-electron chi connectivity index (χ1n) is 11.5. The number of hydrogen-bond donors (Lipinski definition) is 2. The number of alkyl carbamates (subject to hydrolysis) is 1. The molecule has 0 radical (unpaired) electrons. The van der Waals surface area contributed by atoms with Gasteiger partial charge in [0.1, 0.15) is 23.1 Å². The van der Waals surface area contributed by atoms with Crippen LogP contribution < -0.4 is 10.6 Å². The zero-order valence-corrected chi connectivity index (χ0v) is 20.3. The summed E-state index contributed by atoms with van der Waals surface area (Å²) in [6.45, 7) is 8.06. The molecule has 1 saturated carbocycles. The molecule has 34 heavy (non-hydrogen) atoms. The Labute approximate surface area is 199 Å². The van der Waals surface area contributed by atoms with E-state index >= 15 is 0 Å². The van der Waals surface area contributed by atoms with Crippen LogP contribution in [0.5, 0.6) is 0 Å². The molecule has 1 aliphatic rings. The number of ether oxygens (including phenoxy) is 2. The average molecular weight is 469 g/mol. The van der Waals surface area contributed by atoms with E-state index in [4.69, 9.17) is 9.47 Å². The molecule has 1 aliphatic carbocycles. The third kappa shape index (κ3) is 6.04. The number of pyridine rings is 1. The standard InChI is InChI=1S/C24H32N6O4/c1-6-30-14-16(13-26-30)21-20(22(31)33-5)15(12-25)11-19(29-21)27-17-9-7-8-10-18(17)28-23(32)34-24(2,3)4/h11,13-14,17-18H,6-10H2,1-5H3,(H,27,29)(H,28,32)/t17-,18+/m1/s1. The Balaban J connectivity index is 1.94. The van der Waals surface area contributed by atoms with Crippen LogP contribution in [0.3, 0.4) is 0 Å². The molecule has 2 atom stereocenters. The van der Waals surface area contributed by atoms with Gasteiger partial charge in [-0.3, -0.25) is 4.68 Å². The summed E-state index contributed by atoms with van der Waals surface area (Å²) in [5.41, 5.74) is 0.580. The minimum absolute atomic E-state index is 0.0956. The number of carbonyl (C=O) groups excluding carboxylic acids is 2. The Kier molecular flexibility index (Phi) is 7.76. The molecule has 0 aliphatic heterocycles. The first kappa shape index (κ1) is 25.0. The molecule has 0 spiro atoms. The SMILES string of the molecule is CCn1cc(-c2nc(N[C@@H]3CCCC[C@@H]3NC(=O)OC(C)(C)C)cc(C#N)c2C(=O)OC)cn1. The fraction of sp³-hybridized carbons (Fsp3) is 0.542. The van der Waals surface area contributed by atoms with Crippen molar-refractivity contribution in [2.75, 3.05) is 12.4 Å². The van der Waals surface area contributed by atoms with Gasteiger partial charge in [-0.1, -0.05) is 12.8 Å². The Bertz CT molecular complexity index is 1080. The van der Waals surface area contributed by atoms with E-state index in [-0.39, 0.29) is 23.2 Å². The maximum Gasteiger partial charge on any atom is 0.407 e. The predicted molar refractivity (Wildman–Crippen MR) is 126 cm³/mol. The Hall–Kier alpha value is -3.61. The lowest BCUT2D eigenvalue weighted by molar-refractivity contribution is 0.0487. The Morgan fingerprint density at radius 2 is 1.97 bits per heavy atom. The molecule has 2 aromatic heterocycles. The first-order valence-corrected chi connectivity index (χ1v) is 11.5. The molecule has 2 heterocycles. The molecule has 0 unspecified atom stereocenters. The number of nitrogens with zero attached hydrogens (tertiary/aromatic N) is 4. The first-order chi connectivity index (χ1) is 16.1. The van der Waals surface area contributed by atoms with Crippen molar-refractivity contribution < 1.29 is 19.1 Å². The Morgan fingerprint density at radius 1 is 1.26 bits per heavy atom. The molecule has 2 aromatic rings. The molecule has 2 N–H and O–H groups in total. The van der Waals surface area contributed by atoms with E-state index in [0.29, 0.717) is 23.6 Å². The molecule has 3 rings (SSSR count). The average Bonchev–Trinajstić information content (AvgIpc) is 3.27. The molecule has 1 fully saturated rings. The number of carbonyl (C=O) groups is 2. The summed E-state index contributed by atoms with van der Waals surface area (Å²) in [5, 5.41) is 20.4. The van der Waals surface area contributed by atoms with E-state index in [2.05, 4.69) is 26.8 Å². The fourth-order valence-electron chi connectivity index (χ4n) is 4.01. The monoisotopic (exact) mass is 468 g/mol. The second kappa shape index (κ2) is 10.5. The maximum absolute atomic E-state index is 12.5. The van der Waals surface area contributed by atoms with Crippen molar-refractivity contribution in [2.45, 2.75) is 77.6 Å². The van der Waals surface area contributed by atoms with Crippen LogP contribution in [0.2, 0.25) is 0 Å². The smallest absolute Gasteiger partial charge is 0.407 e. The topological polar surface area (TPSA) is 131 Å². The molecule has 0 bridgehead atoms. The molecule has 10 nitrogen and oxygen atoms in total. The zero-order valence-electron chi connectivity index (χ0n) is 20.3. The van der Waals surface area contributed by atoms with Crippen LogP contribution in [0.1, 0.15) is 69.3 Å². The number of rotatable bonds is 6. The van der Waals surface area contributed by atoms with Crippen molar-refractivity contribution in [1.82, 2.24) is 20.1 Å². The number of aromatic nitrogens is 3. The lowest BCUT2D eigenvalue weighted by atomic mass is 9.90. The minimum Gasteiger partial charge on any atom is -0.465 e. The van der Waals surface area contributed by atoms with Gasteiger partial charge in [-0.05, 0) is 46.6 Å². The second-order valence-electron chi connectivity index (χ2n) is 9.25. The van der Waals surface area contributed by atoms with Crippen molar-refractivity contribution in [3.63, 3.8) is 0 Å². The number of anilines is 1. The Morgan fingerprint density at radius 3 is 2.56 bits per heavy atom. The predicted octanol–water partition coefficient (Wildman–Crippen LogP) is 3.87. The fourth-order valence-corrected chi connectivity index (χ4v) is 4.01. The number of nitrogens with one attached hydrogen (secondary N) is 2. The highest BCUT2D eigenvalue weighted by molar-refractivity contribution is 5.99. The third-order valence-corrected chi connectivity index (χ3v) is 5.56. The van der Waals surface area contributed by atoms with Crippen LogP contribution >= 0.6 is 0 Å². The van der Waals surface area contributed by atoms with Gasteiger partial charge in [-0.15, -0.1) is 0 Å². The number of nitriles is 1. The van der Waals surface area contributed by atoms with Crippen molar-refractivity contribution in [3.8, 4) is 17.3 Å². The molecule has 0 saturated heterocycles. The van der Waals surface area contributed by atoms with Gasteiger partial charge in [0, 0.05) is 24.3 Å². The van der Waals surface area contributed by atoms with Gasteiger partial charge in [-0.25, -0.2) is 14.6 Å². The van der Waals surface area contributed by atoms with Crippen molar-refractivity contribution in [2.24, 2.45) is 0 Å². The van der Waals surface area contributed by atoms with Gasteiger partial charge in [0.2, 0.25) is 0 Å².